The minimum Gasteiger partial charge on any atom is -0.398 e. The van der Waals surface area contributed by atoms with Gasteiger partial charge in [0.15, 0.2) is 0 Å². The van der Waals surface area contributed by atoms with Crippen molar-refractivity contribution in [3.8, 4) is 0 Å². The lowest BCUT2D eigenvalue weighted by atomic mass is 10.2. The van der Waals surface area contributed by atoms with Gasteiger partial charge in [-0.05, 0) is 40.2 Å². The van der Waals surface area contributed by atoms with Crippen LogP contribution in [0.5, 0.6) is 0 Å². The average molecular weight is 371 g/mol. The summed E-state index contributed by atoms with van der Waals surface area (Å²) in [6.07, 6.45) is 0. The zero-order valence-corrected chi connectivity index (χ0v) is 12.8. The van der Waals surface area contributed by atoms with Crippen molar-refractivity contribution >= 4 is 50.5 Å². The van der Waals surface area contributed by atoms with Gasteiger partial charge < -0.3 is 11.1 Å². The van der Waals surface area contributed by atoms with Crippen LogP contribution in [0.25, 0.3) is 0 Å². The molecule has 1 amide bonds. The number of amides is 1. The number of non-ortho nitro benzene ring substituents is 1. The maximum absolute atomic E-state index is 12.1. The smallest absolute Gasteiger partial charge is 0.270 e. The quantitative estimate of drug-likeness (QED) is 0.487. The molecular weight excluding hydrogens is 362 g/mol. The van der Waals surface area contributed by atoms with E-state index in [-0.39, 0.29) is 10.7 Å². The highest BCUT2D eigenvalue weighted by Crippen LogP contribution is 2.28. The lowest BCUT2D eigenvalue weighted by molar-refractivity contribution is -0.384. The first kappa shape index (κ1) is 15.3. The lowest BCUT2D eigenvalue weighted by Crippen LogP contribution is -2.12. The van der Waals surface area contributed by atoms with Gasteiger partial charge in [0.2, 0.25) is 0 Å². The van der Waals surface area contributed by atoms with Gasteiger partial charge in [-0.2, -0.15) is 0 Å². The van der Waals surface area contributed by atoms with Gasteiger partial charge in [0.25, 0.3) is 11.6 Å². The van der Waals surface area contributed by atoms with Crippen molar-refractivity contribution in [3.63, 3.8) is 0 Å². The first-order chi connectivity index (χ1) is 9.88. The second-order valence-corrected chi connectivity index (χ2v) is 5.37. The predicted molar refractivity (Wildman–Crippen MR) is 84.6 cm³/mol. The number of hydrogen-bond acceptors (Lipinski definition) is 4. The molecule has 0 aliphatic heterocycles. The van der Waals surface area contributed by atoms with Crippen molar-refractivity contribution in [2.24, 2.45) is 0 Å². The number of nitrogens with zero attached hydrogens (tertiary/aromatic N) is 1. The first-order valence-corrected chi connectivity index (χ1v) is 6.86. The molecule has 2 aromatic carbocycles. The highest BCUT2D eigenvalue weighted by molar-refractivity contribution is 9.10. The van der Waals surface area contributed by atoms with Crippen molar-refractivity contribution in [1.29, 1.82) is 0 Å². The number of hydrogen-bond donors (Lipinski definition) is 2. The van der Waals surface area contributed by atoms with Gasteiger partial charge in [-0.25, -0.2) is 0 Å². The van der Waals surface area contributed by atoms with E-state index in [4.69, 9.17) is 17.3 Å². The summed E-state index contributed by atoms with van der Waals surface area (Å²) >= 11 is 9.04. The molecule has 0 unspecified atom stereocenters. The second-order valence-electron chi connectivity index (χ2n) is 4.11. The highest BCUT2D eigenvalue weighted by atomic mass is 79.9. The molecule has 0 aliphatic rings. The molecule has 0 saturated carbocycles. The Morgan fingerprint density at radius 2 is 2.00 bits per heavy atom. The second kappa shape index (κ2) is 6.11. The average Bonchev–Trinajstić information content (AvgIpc) is 2.43. The molecular formula is C13H9BrClN3O3. The number of nitrogens with two attached hydrogens (primary N) is 1. The molecule has 2 aromatic rings. The summed E-state index contributed by atoms with van der Waals surface area (Å²) < 4.78 is 0.409. The van der Waals surface area contributed by atoms with Crippen LogP contribution in [0.3, 0.4) is 0 Å². The van der Waals surface area contributed by atoms with Crippen LogP contribution in [0, 0.1) is 10.1 Å². The molecule has 0 aliphatic carbocycles. The van der Waals surface area contributed by atoms with Crippen LogP contribution in [-0.2, 0) is 0 Å². The van der Waals surface area contributed by atoms with Crippen LogP contribution < -0.4 is 11.1 Å². The molecule has 0 spiro atoms. The molecule has 0 radical (unpaired) electrons. The van der Waals surface area contributed by atoms with Crippen molar-refractivity contribution in [2.75, 3.05) is 11.1 Å². The summed E-state index contributed by atoms with van der Waals surface area (Å²) in [6, 6.07) is 8.57. The topological polar surface area (TPSA) is 98.3 Å². The van der Waals surface area contributed by atoms with Crippen LogP contribution in [0.15, 0.2) is 40.9 Å². The van der Waals surface area contributed by atoms with Gasteiger partial charge >= 0.3 is 0 Å². The third-order valence-electron chi connectivity index (χ3n) is 2.67. The Kier molecular flexibility index (Phi) is 4.44. The van der Waals surface area contributed by atoms with Crippen LogP contribution in [0.4, 0.5) is 17.1 Å². The minimum atomic E-state index is -0.518. The van der Waals surface area contributed by atoms with E-state index in [1.54, 1.807) is 0 Å². The third-order valence-corrected chi connectivity index (χ3v) is 3.66. The normalized spacial score (nSPS) is 10.2. The monoisotopic (exact) mass is 369 g/mol. The molecule has 3 N–H and O–H groups in total. The van der Waals surface area contributed by atoms with E-state index in [0.29, 0.717) is 21.4 Å². The lowest BCUT2D eigenvalue weighted by Gasteiger charge is -2.08. The summed E-state index contributed by atoms with van der Waals surface area (Å²) in [4.78, 5) is 22.2. The maximum Gasteiger partial charge on any atom is 0.270 e. The summed E-state index contributed by atoms with van der Waals surface area (Å²) in [5, 5.41) is 13.6. The van der Waals surface area contributed by atoms with E-state index in [9.17, 15) is 14.9 Å². The molecule has 0 bridgehead atoms. The number of anilines is 2. The molecule has 8 heteroatoms. The highest BCUT2D eigenvalue weighted by Gasteiger charge is 2.13. The van der Waals surface area contributed by atoms with Crippen LogP contribution in [0.1, 0.15) is 10.4 Å². The van der Waals surface area contributed by atoms with E-state index in [1.165, 1.54) is 36.4 Å². The van der Waals surface area contributed by atoms with Gasteiger partial charge in [0.1, 0.15) is 0 Å². The summed E-state index contributed by atoms with van der Waals surface area (Å²) in [5.41, 5.74) is 6.63. The number of nitrogen functional groups attached to an aromatic ring is 1. The number of nitrogens with one attached hydrogen (secondary N) is 1. The molecule has 0 saturated heterocycles. The molecule has 0 aromatic heterocycles. The van der Waals surface area contributed by atoms with E-state index in [0.717, 1.165) is 0 Å². The Morgan fingerprint density at radius 1 is 1.29 bits per heavy atom. The molecule has 0 atom stereocenters. The summed E-state index contributed by atoms with van der Waals surface area (Å²) in [7, 11) is 0. The number of nitro benzene ring substituents is 1. The van der Waals surface area contributed by atoms with Crippen molar-refractivity contribution in [3.05, 3.63) is 61.6 Å². The largest absolute Gasteiger partial charge is 0.398 e. The third kappa shape index (κ3) is 3.50. The SMILES string of the molecule is Nc1ccc(C(=O)Nc2ccc([N+](=O)[O-])cc2Br)cc1Cl. The van der Waals surface area contributed by atoms with Gasteiger partial charge in [-0.3, -0.25) is 14.9 Å². The molecule has 6 nitrogen and oxygen atoms in total. The number of nitro groups is 1. The number of carbonyl (C=O) groups excluding carboxylic acids is 1. The van der Waals surface area contributed by atoms with Crippen LogP contribution >= 0.6 is 27.5 Å². The number of benzene rings is 2. The molecule has 0 heterocycles. The fourth-order valence-corrected chi connectivity index (χ4v) is 2.23. The van der Waals surface area contributed by atoms with Crippen molar-refractivity contribution < 1.29 is 9.72 Å². The molecule has 0 fully saturated rings. The first-order valence-electron chi connectivity index (χ1n) is 5.69. The number of rotatable bonds is 3. The van der Waals surface area contributed by atoms with Gasteiger partial charge in [0.05, 0.1) is 21.3 Å². The zero-order chi connectivity index (χ0) is 15.6. The summed E-state index contributed by atoms with van der Waals surface area (Å²) in [6.45, 7) is 0. The fourth-order valence-electron chi connectivity index (χ4n) is 1.58. The number of halogens is 2. The zero-order valence-electron chi connectivity index (χ0n) is 10.5. The van der Waals surface area contributed by atoms with Crippen LogP contribution in [0.2, 0.25) is 5.02 Å². The van der Waals surface area contributed by atoms with E-state index >= 15 is 0 Å². The fraction of sp³-hybridized carbons (Fsp3) is 0. The van der Waals surface area contributed by atoms with Crippen molar-refractivity contribution in [1.82, 2.24) is 0 Å². The summed E-state index contributed by atoms with van der Waals surface area (Å²) in [5.74, 6) is -0.397. The van der Waals surface area contributed by atoms with Gasteiger partial charge in [-0.1, -0.05) is 11.6 Å². The van der Waals surface area contributed by atoms with E-state index < -0.39 is 10.8 Å². The predicted octanol–water partition coefficient (Wildman–Crippen LogP) is 3.85. The Hall–Kier alpha value is -2.12. The van der Waals surface area contributed by atoms with Crippen molar-refractivity contribution in [2.45, 2.75) is 0 Å². The van der Waals surface area contributed by atoms with Gasteiger partial charge in [0, 0.05) is 22.2 Å². The number of carbonyl (C=O) groups is 1. The standard InChI is InChI=1S/C13H9BrClN3O3/c14-9-6-8(18(20)21)2-4-12(9)17-13(19)7-1-3-11(16)10(15)5-7/h1-6H,16H2,(H,17,19). The van der Waals surface area contributed by atoms with E-state index in [2.05, 4.69) is 21.2 Å². The Balaban J connectivity index is 2.23. The van der Waals surface area contributed by atoms with Gasteiger partial charge in [-0.15, -0.1) is 0 Å². The van der Waals surface area contributed by atoms with Crippen LogP contribution in [-0.4, -0.2) is 10.8 Å². The maximum atomic E-state index is 12.1. The molecule has 2 rings (SSSR count). The Labute approximate surface area is 133 Å². The Morgan fingerprint density at radius 3 is 2.57 bits per heavy atom. The Bertz CT molecular complexity index is 737. The molecule has 21 heavy (non-hydrogen) atoms. The minimum absolute atomic E-state index is 0.0737. The van der Waals surface area contributed by atoms with E-state index in [1.807, 2.05) is 0 Å². The molecule has 108 valence electrons.